The Kier molecular flexibility index (Phi) is 3.93. The highest BCUT2D eigenvalue weighted by Gasteiger charge is 2.15. The average molecular weight is 298 g/mol. The molecule has 0 fully saturated rings. The molecular formula is C16H18N4O2. The van der Waals surface area contributed by atoms with E-state index in [2.05, 4.69) is 19.9 Å². The normalized spacial score (nSPS) is 11.2. The number of nitrogens with one attached hydrogen (secondary N) is 2. The Morgan fingerprint density at radius 3 is 2.91 bits per heavy atom. The van der Waals surface area contributed by atoms with Gasteiger partial charge in [0.15, 0.2) is 0 Å². The highest BCUT2D eigenvalue weighted by molar-refractivity contribution is 5.95. The van der Waals surface area contributed by atoms with Gasteiger partial charge in [-0.2, -0.15) is 0 Å². The number of likely N-dealkylation sites (N-methyl/N-ethyl adjacent to an activating group) is 1. The van der Waals surface area contributed by atoms with Gasteiger partial charge >= 0.3 is 5.97 Å². The van der Waals surface area contributed by atoms with Crippen molar-refractivity contribution in [1.29, 1.82) is 0 Å². The van der Waals surface area contributed by atoms with E-state index in [0.717, 1.165) is 29.4 Å². The summed E-state index contributed by atoms with van der Waals surface area (Å²) in [5.41, 5.74) is 2.43. The topological polar surface area (TPSA) is 74.0 Å². The van der Waals surface area contributed by atoms with Crippen molar-refractivity contribution in [2.45, 2.75) is 6.42 Å². The molecule has 0 saturated carbocycles. The first-order chi connectivity index (χ1) is 10.6. The molecule has 0 atom stereocenters. The van der Waals surface area contributed by atoms with Crippen LogP contribution in [0.4, 0.5) is 0 Å². The van der Waals surface area contributed by atoms with Crippen molar-refractivity contribution in [2.75, 3.05) is 20.6 Å². The van der Waals surface area contributed by atoms with Crippen LogP contribution >= 0.6 is 0 Å². The number of aromatic amines is 2. The fraction of sp³-hybridized carbons (Fsp3) is 0.250. The minimum atomic E-state index is -0.440. The van der Waals surface area contributed by atoms with Crippen LogP contribution in [0.1, 0.15) is 16.1 Å². The lowest BCUT2D eigenvalue weighted by molar-refractivity contribution is 0.0731. The van der Waals surface area contributed by atoms with Crippen LogP contribution < -0.4 is 4.74 Å². The standard InChI is InChI=1S/C16H18N4O2/c1-20(2)7-6-11-8-18-12-4-3-5-14(15(11)12)22-16(21)13-9-17-10-19-13/h3-5,8-10,18H,6-7H2,1-2H3,(H,17,19). The molecule has 2 heterocycles. The molecule has 0 amide bonds. The number of ether oxygens (including phenoxy) is 1. The van der Waals surface area contributed by atoms with Crippen molar-refractivity contribution in [3.63, 3.8) is 0 Å². The lowest BCUT2D eigenvalue weighted by Crippen LogP contribution is -2.15. The van der Waals surface area contributed by atoms with Gasteiger partial charge in [-0.25, -0.2) is 9.78 Å². The molecule has 22 heavy (non-hydrogen) atoms. The van der Waals surface area contributed by atoms with Crippen LogP contribution in [-0.2, 0) is 6.42 Å². The average Bonchev–Trinajstić information content (AvgIpc) is 3.15. The van der Waals surface area contributed by atoms with E-state index in [1.165, 1.54) is 12.5 Å². The second kappa shape index (κ2) is 6.03. The second-order valence-electron chi connectivity index (χ2n) is 5.40. The maximum absolute atomic E-state index is 12.1. The number of benzene rings is 1. The summed E-state index contributed by atoms with van der Waals surface area (Å²) >= 11 is 0. The van der Waals surface area contributed by atoms with Gasteiger partial charge in [0.2, 0.25) is 0 Å². The summed E-state index contributed by atoms with van der Waals surface area (Å²) in [6.07, 6.45) is 5.76. The molecule has 3 aromatic rings. The molecule has 0 unspecified atom stereocenters. The van der Waals surface area contributed by atoms with Crippen LogP contribution in [0, 0.1) is 0 Å². The molecule has 3 rings (SSSR count). The van der Waals surface area contributed by atoms with E-state index < -0.39 is 5.97 Å². The molecule has 0 radical (unpaired) electrons. The van der Waals surface area contributed by atoms with Crippen LogP contribution in [0.25, 0.3) is 10.9 Å². The Balaban J connectivity index is 1.91. The minimum Gasteiger partial charge on any atom is -0.421 e. The summed E-state index contributed by atoms with van der Waals surface area (Å²) in [5, 5.41) is 0.956. The van der Waals surface area contributed by atoms with Gasteiger partial charge < -0.3 is 19.6 Å². The highest BCUT2D eigenvalue weighted by atomic mass is 16.5. The number of carbonyl (C=O) groups is 1. The molecule has 0 aliphatic rings. The lowest BCUT2D eigenvalue weighted by atomic mass is 10.1. The molecule has 6 heteroatoms. The quantitative estimate of drug-likeness (QED) is 0.559. The number of hydrogen-bond donors (Lipinski definition) is 2. The van der Waals surface area contributed by atoms with Gasteiger partial charge in [0.05, 0.1) is 12.5 Å². The first kappa shape index (κ1) is 14.3. The monoisotopic (exact) mass is 298 g/mol. The summed E-state index contributed by atoms with van der Waals surface area (Å²) in [4.78, 5) is 24.0. The van der Waals surface area contributed by atoms with Crippen LogP contribution in [0.5, 0.6) is 5.75 Å². The smallest absolute Gasteiger partial charge is 0.361 e. The molecule has 6 nitrogen and oxygen atoms in total. The number of hydrogen-bond acceptors (Lipinski definition) is 4. The fourth-order valence-electron chi connectivity index (χ4n) is 2.37. The zero-order valence-corrected chi connectivity index (χ0v) is 12.6. The molecule has 114 valence electrons. The summed E-state index contributed by atoms with van der Waals surface area (Å²) in [6, 6.07) is 5.65. The Morgan fingerprint density at radius 1 is 1.32 bits per heavy atom. The van der Waals surface area contributed by atoms with E-state index in [-0.39, 0.29) is 0 Å². The molecule has 0 aliphatic carbocycles. The van der Waals surface area contributed by atoms with Gasteiger partial charge in [-0.1, -0.05) is 6.07 Å². The summed E-state index contributed by atoms with van der Waals surface area (Å²) in [7, 11) is 4.07. The van der Waals surface area contributed by atoms with Crippen molar-refractivity contribution in [3.8, 4) is 5.75 Å². The molecular weight excluding hydrogens is 280 g/mol. The van der Waals surface area contributed by atoms with Gasteiger partial charge in [-0.05, 0) is 38.2 Å². The number of esters is 1. The fourth-order valence-corrected chi connectivity index (χ4v) is 2.37. The van der Waals surface area contributed by atoms with Crippen LogP contribution in [0.3, 0.4) is 0 Å². The summed E-state index contributed by atoms with van der Waals surface area (Å²) in [5.74, 6) is 0.122. The third-order valence-corrected chi connectivity index (χ3v) is 3.50. The Labute approximate surface area is 128 Å². The lowest BCUT2D eigenvalue weighted by Gasteiger charge is -2.10. The number of aromatic nitrogens is 3. The highest BCUT2D eigenvalue weighted by Crippen LogP contribution is 2.29. The van der Waals surface area contributed by atoms with Crippen molar-refractivity contribution >= 4 is 16.9 Å². The predicted molar refractivity (Wildman–Crippen MR) is 84.1 cm³/mol. The Bertz CT molecular complexity index is 775. The van der Waals surface area contributed by atoms with Crippen molar-refractivity contribution < 1.29 is 9.53 Å². The maximum atomic E-state index is 12.1. The number of rotatable bonds is 5. The van der Waals surface area contributed by atoms with Crippen LogP contribution in [0.15, 0.2) is 36.9 Å². The molecule has 0 spiro atoms. The van der Waals surface area contributed by atoms with Crippen LogP contribution in [0.2, 0.25) is 0 Å². The number of carbonyl (C=O) groups excluding carboxylic acids is 1. The number of imidazole rings is 1. The minimum absolute atomic E-state index is 0.336. The molecule has 2 aromatic heterocycles. The summed E-state index contributed by atoms with van der Waals surface area (Å²) in [6.45, 7) is 0.926. The van der Waals surface area contributed by atoms with E-state index in [0.29, 0.717) is 11.4 Å². The summed E-state index contributed by atoms with van der Waals surface area (Å²) < 4.78 is 5.53. The van der Waals surface area contributed by atoms with Gasteiger partial charge in [0.1, 0.15) is 11.4 Å². The zero-order valence-electron chi connectivity index (χ0n) is 12.6. The Morgan fingerprint density at radius 2 is 2.18 bits per heavy atom. The third kappa shape index (κ3) is 2.87. The number of fused-ring (bicyclic) bond motifs is 1. The molecule has 0 bridgehead atoms. The molecule has 1 aromatic carbocycles. The van der Waals surface area contributed by atoms with E-state index in [4.69, 9.17) is 4.74 Å². The van der Waals surface area contributed by atoms with Crippen molar-refractivity contribution in [1.82, 2.24) is 19.9 Å². The zero-order chi connectivity index (χ0) is 15.5. The number of H-pyrrole nitrogens is 2. The second-order valence-corrected chi connectivity index (χ2v) is 5.40. The van der Waals surface area contributed by atoms with E-state index in [1.54, 1.807) is 0 Å². The van der Waals surface area contributed by atoms with Gasteiger partial charge in [-0.15, -0.1) is 0 Å². The molecule has 2 N–H and O–H groups in total. The van der Waals surface area contributed by atoms with Gasteiger partial charge in [0.25, 0.3) is 0 Å². The third-order valence-electron chi connectivity index (χ3n) is 3.50. The Hall–Kier alpha value is -2.60. The van der Waals surface area contributed by atoms with E-state index in [9.17, 15) is 4.79 Å². The van der Waals surface area contributed by atoms with Crippen molar-refractivity contribution in [2.24, 2.45) is 0 Å². The van der Waals surface area contributed by atoms with Crippen molar-refractivity contribution in [3.05, 3.63) is 48.2 Å². The number of nitrogens with zero attached hydrogens (tertiary/aromatic N) is 2. The molecule has 0 saturated heterocycles. The van der Waals surface area contributed by atoms with Gasteiger partial charge in [0, 0.05) is 23.6 Å². The first-order valence-electron chi connectivity index (χ1n) is 7.09. The maximum Gasteiger partial charge on any atom is 0.361 e. The van der Waals surface area contributed by atoms with E-state index in [1.807, 2.05) is 38.5 Å². The predicted octanol–water partition coefficient (Wildman–Crippen LogP) is 2.21. The largest absolute Gasteiger partial charge is 0.421 e. The van der Waals surface area contributed by atoms with Crippen LogP contribution in [-0.4, -0.2) is 46.5 Å². The first-order valence-corrected chi connectivity index (χ1v) is 7.09. The van der Waals surface area contributed by atoms with E-state index >= 15 is 0 Å². The van der Waals surface area contributed by atoms with Gasteiger partial charge in [-0.3, -0.25) is 0 Å². The SMILES string of the molecule is CN(C)CCc1c[nH]c2cccc(OC(=O)c3cnc[nH]3)c12. The molecule has 0 aliphatic heterocycles.